The third-order valence-corrected chi connectivity index (χ3v) is 2.99. The minimum atomic E-state index is -0.461. The first-order valence-electron chi connectivity index (χ1n) is 7.14. The molecular formula is C15H23N3O3. The number of carbonyl (C=O) groups is 1. The van der Waals surface area contributed by atoms with Gasteiger partial charge in [-0.05, 0) is 24.5 Å². The van der Waals surface area contributed by atoms with Gasteiger partial charge in [-0.15, -0.1) is 0 Å². The van der Waals surface area contributed by atoms with Gasteiger partial charge in [-0.25, -0.2) is 0 Å². The zero-order valence-corrected chi connectivity index (χ0v) is 13.0. The number of nitrogens with one attached hydrogen (secondary N) is 1. The van der Waals surface area contributed by atoms with Gasteiger partial charge in [0, 0.05) is 31.8 Å². The average Bonchev–Trinajstić information content (AvgIpc) is 2.43. The molecule has 21 heavy (non-hydrogen) atoms. The first-order valence-corrected chi connectivity index (χ1v) is 7.14. The Hall–Kier alpha value is -2.11. The Morgan fingerprint density at radius 2 is 2.10 bits per heavy atom. The predicted molar refractivity (Wildman–Crippen MR) is 83.7 cm³/mol. The van der Waals surface area contributed by atoms with Crippen LogP contribution in [0.4, 0.5) is 11.4 Å². The van der Waals surface area contributed by atoms with Crippen molar-refractivity contribution in [3.63, 3.8) is 0 Å². The van der Waals surface area contributed by atoms with Crippen molar-refractivity contribution in [2.45, 2.75) is 27.2 Å². The standard InChI is InChI=1S/C15H23N3O3/c1-5-8-16-13-7-6-12(9-14(13)18(20)21)15(19)17(4)10-11(2)3/h6-7,9,11,16H,5,8,10H2,1-4H3. The fourth-order valence-electron chi connectivity index (χ4n) is 2.08. The van der Waals surface area contributed by atoms with Gasteiger partial charge in [0.15, 0.2) is 0 Å². The summed E-state index contributed by atoms with van der Waals surface area (Å²) in [6, 6.07) is 4.57. The zero-order chi connectivity index (χ0) is 16.0. The highest BCUT2D eigenvalue weighted by Crippen LogP contribution is 2.26. The molecule has 1 amide bonds. The van der Waals surface area contributed by atoms with Crippen LogP contribution in [0.15, 0.2) is 18.2 Å². The van der Waals surface area contributed by atoms with Crippen molar-refractivity contribution < 1.29 is 9.72 Å². The summed E-state index contributed by atoms with van der Waals surface area (Å²) in [5, 5.41) is 14.2. The SMILES string of the molecule is CCCNc1ccc(C(=O)N(C)CC(C)C)cc1[N+](=O)[O-]. The van der Waals surface area contributed by atoms with E-state index in [0.29, 0.717) is 30.3 Å². The van der Waals surface area contributed by atoms with Crippen molar-refractivity contribution in [1.29, 1.82) is 0 Å². The molecule has 0 aliphatic carbocycles. The fourth-order valence-corrected chi connectivity index (χ4v) is 2.08. The van der Waals surface area contributed by atoms with Gasteiger partial charge in [-0.3, -0.25) is 14.9 Å². The van der Waals surface area contributed by atoms with Crippen molar-refractivity contribution in [1.82, 2.24) is 4.90 Å². The van der Waals surface area contributed by atoms with E-state index in [9.17, 15) is 14.9 Å². The van der Waals surface area contributed by atoms with Crippen LogP contribution in [0, 0.1) is 16.0 Å². The minimum absolute atomic E-state index is 0.0627. The van der Waals surface area contributed by atoms with Crippen LogP contribution < -0.4 is 5.32 Å². The molecule has 0 saturated carbocycles. The summed E-state index contributed by atoms with van der Waals surface area (Å²) >= 11 is 0. The molecule has 0 heterocycles. The highest BCUT2D eigenvalue weighted by Gasteiger charge is 2.19. The van der Waals surface area contributed by atoms with E-state index >= 15 is 0 Å². The van der Waals surface area contributed by atoms with E-state index in [-0.39, 0.29) is 11.6 Å². The monoisotopic (exact) mass is 293 g/mol. The Balaban J connectivity index is 3.02. The maximum atomic E-state index is 12.3. The first-order chi connectivity index (χ1) is 9.86. The maximum Gasteiger partial charge on any atom is 0.293 e. The molecule has 0 radical (unpaired) electrons. The zero-order valence-electron chi connectivity index (χ0n) is 13.0. The summed E-state index contributed by atoms with van der Waals surface area (Å²) in [5.41, 5.74) is 0.726. The lowest BCUT2D eigenvalue weighted by Gasteiger charge is -2.19. The van der Waals surface area contributed by atoms with E-state index in [0.717, 1.165) is 6.42 Å². The fraction of sp³-hybridized carbons (Fsp3) is 0.533. The molecule has 1 N–H and O–H groups in total. The van der Waals surface area contributed by atoms with Crippen LogP contribution >= 0.6 is 0 Å². The number of nitro groups is 1. The second kappa shape index (κ2) is 7.61. The van der Waals surface area contributed by atoms with Gasteiger partial charge in [0.05, 0.1) is 4.92 Å². The second-order valence-electron chi connectivity index (χ2n) is 5.50. The van der Waals surface area contributed by atoms with Gasteiger partial charge in [-0.1, -0.05) is 20.8 Å². The van der Waals surface area contributed by atoms with Gasteiger partial charge in [0.25, 0.3) is 11.6 Å². The third-order valence-electron chi connectivity index (χ3n) is 2.99. The number of amides is 1. The lowest BCUT2D eigenvalue weighted by Crippen LogP contribution is -2.30. The lowest BCUT2D eigenvalue weighted by atomic mass is 10.1. The summed E-state index contributed by atoms with van der Waals surface area (Å²) < 4.78 is 0. The van der Waals surface area contributed by atoms with Crippen LogP contribution in [0.25, 0.3) is 0 Å². The summed E-state index contributed by atoms with van der Waals surface area (Å²) in [5.74, 6) is 0.147. The van der Waals surface area contributed by atoms with Crippen LogP contribution in [0.5, 0.6) is 0 Å². The van der Waals surface area contributed by atoms with Gasteiger partial charge in [0.2, 0.25) is 0 Å². The molecule has 0 aromatic heterocycles. The lowest BCUT2D eigenvalue weighted by molar-refractivity contribution is -0.384. The Morgan fingerprint density at radius 3 is 2.62 bits per heavy atom. The molecule has 1 rings (SSSR count). The van der Waals surface area contributed by atoms with Crippen LogP contribution in [0.3, 0.4) is 0 Å². The molecule has 0 aliphatic heterocycles. The number of hydrogen-bond donors (Lipinski definition) is 1. The Labute approximate surface area is 125 Å². The summed E-state index contributed by atoms with van der Waals surface area (Å²) in [6.45, 7) is 7.29. The number of anilines is 1. The molecule has 6 heteroatoms. The molecule has 0 aliphatic rings. The van der Waals surface area contributed by atoms with E-state index in [4.69, 9.17) is 0 Å². The second-order valence-corrected chi connectivity index (χ2v) is 5.50. The number of benzene rings is 1. The number of carbonyl (C=O) groups excluding carboxylic acids is 1. The van der Waals surface area contributed by atoms with Gasteiger partial charge in [-0.2, -0.15) is 0 Å². The van der Waals surface area contributed by atoms with E-state index in [1.54, 1.807) is 24.1 Å². The molecule has 1 aromatic rings. The topological polar surface area (TPSA) is 75.5 Å². The van der Waals surface area contributed by atoms with Gasteiger partial charge >= 0.3 is 0 Å². The predicted octanol–water partition coefficient (Wildman–Crippen LogP) is 3.14. The normalized spacial score (nSPS) is 10.5. The number of nitrogens with zero attached hydrogens (tertiary/aromatic N) is 2. The van der Waals surface area contributed by atoms with Crippen LogP contribution in [0.2, 0.25) is 0 Å². The first kappa shape index (κ1) is 16.9. The average molecular weight is 293 g/mol. The Bertz CT molecular complexity index is 515. The minimum Gasteiger partial charge on any atom is -0.380 e. The van der Waals surface area contributed by atoms with Crippen molar-refractivity contribution in [2.75, 3.05) is 25.5 Å². The quantitative estimate of drug-likeness (QED) is 0.619. The molecule has 0 saturated heterocycles. The number of rotatable bonds is 7. The largest absolute Gasteiger partial charge is 0.380 e. The Kier molecular flexibility index (Phi) is 6.14. The molecule has 1 aromatic carbocycles. The van der Waals surface area contributed by atoms with E-state index in [2.05, 4.69) is 5.32 Å². The highest BCUT2D eigenvalue weighted by atomic mass is 16.6. The summed E-state index contributed by atoms with van der Waals surface area (Å²) in [4.78, 5) is 24.5. The smallest absolute Gasteiger partial charge is 0.293 e. The van der Waals surface area contributed by atoms with Gasteiger partial charge in [0.1, 0.15) is 5.69 Å². The molecule has 0 spiro atoms. The number of nitro benzene ring substituents is 1. The van der Waals surface area contributed by atoms with Crippen molar-refractivity contribution in [3.8, 4) is 0 Å². The maximum absolute atomic E-state index is 12.3. The van der Waals surface area contributed by atoms with E-state index < -0.39 is 4.92 Å². The van der Waals surface area contributed by atoms with Crippen molar-refractivity contribution in [3.05, 3.63) is 33.9 Å². The summed E-state index contributed by atoms with van der Waals surface area (Å²) in [7, 11) is 1.71. The molecule has 0 fully saturated rings. The highest BCUT2D eigenvalue weighted by molar-refractivity contribution is 5.95. The van der Waals surface area contributed by atoms with Crippen LogP contribution in [-0.4, -0.2) is 35.9 Å². The molecule has 0 unspecified atom stereocenters. The van der Waals surface area contributed by atoms with E-state index in [1.807, 2.05) is 20.8 Å². The van der Waals surface area contributed by atoms with Gasteiger partial charge < -0.3 is 10.2 Å². The van der Waals surface area contributed by atoms with E-state index in [1.165, 1.54) is 6.07 Å². The molecule has 0 atom stereocenters. The van der Waals surface area contributed by atoms with Crippen LogP contribution in [0.1, 0.15) is 37.6 Å². The summed E-state index contributed by atoms with van der Waals surface area (Å²) in [6.07, 6.45) is 0.870. The van der Waals surface area contributed by atoms with Crippen LogP contribution in [-0.2, 0) is 0 Å². The Morgan fingerprint density at radius 1 is 1.43 bits per heavy atom. The van der Waals surface area contributed by atoms with Crippen molar-refractivity contribution >= 4 is 17.3 Å². The third kappa shape index (κ3) is 4.73. The molecule has 0 bridgehead atoms. The number of hydrogen-bond acceptors (Lipinski definition) is 4. The molecule has 6 nitrogen and oxygen atoms in total. The molecular weight excluding hydrogens is 270 g/mol. The van der Waals surface area contributed by atoms with Crippen molar-refractivity contribution in [2.24, 2.45) is 5.92 Å². The molecule has 116 valence electrons.